The summed E-state index contributed by atoms with van der Waals surface area (Å²) in [5.41, 5.74) is 0.906. The van der Waals surface area contributed by atoms with E-state index in [-0.39, 0.29) is 12.5 Å². The molecule has 1 aromatic rings. The van der Waals surface area contributed by atoms with Crippen LogP contribution in [0.25, 0.3) is 0 Å². The van der Waals surface area contributed by atoms with E-state index in [9.17, 15) is 14.4 Å². The van der Waals surface area contributed by atoms with Crippen LogP contribution < -0.4 is 15.4 Å². The highest BCUT2D eigenvalue weighted by Gasteiger charge is 2.22. The molecule has 0 heterocycles. The first kappa shape index (κ1) is 19.5. The Balaban J connectivity index is 2.58. The summed E-state index contributed by atoms with van der Waals surface area (Å²) >= 11 is 0. The van der Waals surface area contributed by atoms with Gasteiger partial charge in [0.1, 0.15) is 18.3 Å². The summed E-state index contributed by atoms with van der Waals surface area (Å²) < 4.78 is 5.44. The van der Waals surface area contributed by atoms with Crippen LogP contribution in [0.2, 0.25) is 0 Å². The first-order chi connectivity index (χ1) is 11.3. The van der Waals surface area contributed by atoms with Crippen LogP contribution in [0.4, 0.5) is 0 Å². The van der Waals surface area contributed by atoms with Gasteiger partial charge in [0.25, 0.3) is 5.91 Å². The van der Waals surface area contributed by atoms with Gasteiger partial charge in [0.15, 0.2) is 6.61 Å². The van der Waals surface area contributed by atoms with Crippen LogP contribution in [0.3, 0.4) is 0 Å². The van der Waals surface area contributed by atoms with Gasteiger partial charge in [0.2, 0.25) is 5.91 Å². The van der Waals surface area contributed by atoms with Gasteiger partial charge < -0.3 is 20.5 Å². The average Bonchev–Trinajstić information content (AvgIpc) is 2.50. The second kappa shape index (κ2) is 9.54. The van der Waals surface area contributed by atoms with E-state index < -0.39 is 30.4 Å². The summed E-state index contributed by atoms with van der Waals surface area (Å²) in [5, 5.41) is 13.5. The smallest absolute Gasteiger partial charge is 0.322 e. The first-order valence-electron chi connectivity index (χ1n) is 7.77. The number of carboxylic acid groups (broad SMARTS) is 1. The van der Waals surface area contributed by atoms with Crippen molar-refractivity contribution in [1.82, 2.24) is 10.6 Å². The number of nitrogens with one attached hydrogen (secondary N) is 2. The third-order valence-electron chi connectivity index (χ3n) is 3.23. The third-order valence-corrected chi connectivity index (χ3v) is 3.23. The quantitative estimate of drug-likeness (QED) is 0.626. The Bertz CT molecular complexity index is 586. The van der Waals surface area contributed by atoms with Crippen LogP contribution in [0.5, 0.6) is 5.75 Å². The van der Waals surface area contributed by atoms with Crippen molar-refractivity contribution in [1.29, 1.82) is 0 Å². The number of aryl methyl sites for hydroxylation is 1. The maximum absolute atomic E-state index is 12.0. The number of rotatable bonds is 9. The third kappa shape index (κ3) is 7.13. The maximum atomic E-state index is 12.0. The van der Waals surface area contributed by atoms with Crippen LogP contribution in [0.1, 0.15) is 25.8 Å². The zero-order chi connectivity index (χ0) is 18.1. The maximum Gasteiger partial charge on any atom is 0.322 e. The molecule has 7 nitrogen and oxygen atoms in total. The second-order valence-corrected chi connectivity index (χ2v) is 5.92. The highest BCUT2D eigenvalue weighted by atomic mass is 16.5. The van der Waals surface area contributed by atoms with Crippen molar-refractivity contribution < 1.29 is 24.2 Å². The number of benzene rings is 1. The van der Waals surface area contributed by atoms with Crippen LogP contribution in [0, 0.1) is 12.8 Å². The van der Waals surface area contributed by atoms with Crippen LogP contribution >= 0.6 is 0 Å². The average molecular weight is 336 g/mol. The zero-order valence-corrected chi connectivity index (χ0v) is 14.2. The fourth-order valence-corrected chi connectivity index (χ4v) is 2.09. The van der Waals surface area contributed by atoms with Crippen molar-refractivity contribution >= 4 is 17.8 Å². The SMILES string of the molecule is Cc1ccccc1OCC(=O)NC(CC(C)C)C(=O)NCC(=O)O. The molecule has 1 aromatic carbocycles. The van der Waals surface area contributed by atoms with E-state index in [4.69, 9.17) is 9.84 Å². The minimum Gasteiger partial charge on any atom is -0.484 e. The summed E-state index contributed by atoms with van der Waals surface area (Å²) in [6.45, 7) is 4.99. The van der Waals surface area contributed by atoms with Gasteiger partial charge in [0, 0.05) is 0 Å². The minimum absolute atomic E-state index is 0.156. The molecule has 0 fully saturated rings. The van der Waals surface area contributed by atoms with E-state index in [2.05, 4.69) is 10.6 Å². The molecule has 1 unspecified atom stereocenters. The minimum atomic E-state index is -1.14. The van der Waals surface area contributed by atoms with Gasteiger partial charge in [0.05, 0.1) is 0 Å². The standard InChI is InChI=1S/C17H24N2O5/c1-11(2)8-13(17(23)18-9-16(21)22)19-15(20)10-24-14-7-5-4-6-12(14)3/h4-7,11,13H,8-10H2,1-3H3,(H,18,23)(H,19,20)(H,21,22). The van der Waals surface area contributed by atoms with Gasteiger partial charge in [-0.3, -0.25) is 14.4 Å². The van der Waals surface area contributed by atoms with Crippen molar-refractivity contribution in [2.45, 2.75) is 33.2 Å². The highest BCUT2D eigenvalue weighted by Crippen LogP contribution is 2.15. The Labute approximate surface area is 141 Å². The molecule has 0 aliphatic rings. The lowest BCUT2D eigenvalue weighted by atomic mass is 10.0. The molecule has 3 N–H and O–H groups in total. The molecule has 0 saturated heterocycles. The summed E-state index contributed by atoms with van der Waals surface area (Å²) in [6.07, 6.45) is 0.404. The van der Waals surface area contributed by atoms with Gasteiger partial charge >= 0.3 is 5.97 Å². The highest BCUT2D eigenvalue weighted by molar-refractivity contribution is 5.89. The Morgan fingerprint density at radius 1 is 1.21 bits per heavy atom. The monoisotopic (exact) mass is 336 g/mol. The molecule has 7 heteroatoms. The van der Waals surface area contributed by atoms with Gasteiger partial charge in [-0.25, -0.2) is 0 Å². The summed E-state index contributed by atoms with van der Waals surface area (Å²) in [6, 6.07) is 6.51. The van der Waals surface area contributed by atoms with Crippen LogP contribution in [0.15, 0.2) is 24.3 Å². The van der Waals surface area contributed by atoms with E-state index in [1.54, 1.807) is 12.1 Å². The Hall–Kier alpha value is -2.57. The van der Waals surface area contributed by atoms with E-state index in [0.29, 0.717) is 12.2 Å². The number of carbonyl (C=O) groups is 3. The van der Waals surface area contributed by atoms with E-state index >= 15 is 0 Å². The molecule has 0 aliphatic heterocycles. The molecule has 1 atom stereocenters. The second-order valence-electron chi connectivity index (χ2n) is 5.92. The van der Waals surface area contributed by atoms with E-state index in [1.165, 1.54) is 0 Å². The van der Waals surface area contributed by atoms with Gasteiger partial charge in [-0.2, -0.15) is 0 Å². The van der Waals surface area contributed by atoms with Crippen LogP contribution in [-0.2, 0) is 14.4 Å². The van der Waals surface area contributed by atoms with E-state index in [1.807, 2.05) is 32.9 Å². The number of carbonyl (C=O) groups excluding carboxylic acids is 2. The first-order valence-corrected chi connectivity index (χ1v) is 7.77. The molecule has 0 bridgehead atoms. The summed E-state index contributed by atoms with van der Waals surface area (Å²) in [5.74, 6) is -1.34. The molecule has 0 radical (unpaired) electrons. The topological polar surface area (TPSA) is 105 Å². The summed E-state index contributed by atoms with van der Waals surface area (Å²) in [4.78, 5) is 34.6. The van der Waals surface area contributed by atoms with Gasteiger partial charge in [-0.15, -0.1) is 0 Å². The molecule has 0 aliphatic carbocycles. The predicted molar refractivity (Wildman–Crippen MR) is 88.7 cm³/mol. The number of ether oxygens (including phenoxy) is 1. The molecule has 0 spiro atoms. The van der Waals surface area contributed by atoms with Crippen molar-refractivity contribution in [2.75, 3.05) is 13.2 Å². The number of hydrogen-bond acceptors (Lipinski definition) is 4. The van der Waals surface area contributed by atoms with E-state index in [0.717, 1.165) is 5.56 Å². The normalized spacial score (nSPS) is 11.7. The zero-order valence-electron chi connectivity index (χ0n) is 14.2. The molecule has 0 saturated carbocycles. The predicted octanol–water partition coefficient (Wildman–Crippen LogP) is 1.11. The molecule has 132 valence electrons. The number of aliphatic carboxylic acids is 1. The number of hydrogen-bond donors (Lipinski definition) is 3. The van der Waals surface area contributed by atoms with Crippen molar-refractivity contribution in [2.24, 2.45) is 5.92 Å². The summed E-state index contributed by atoms with van der Waals surface area (Å²) in [7, 11) is 0. The lowest BCUT2D eigenvalue weighted by Crippen LogP contribution is -2.49. The number of carboxylic acids is 1. The Morgan fingerprint density at radius 2 is 1.88 bits per heavy atom. The van der Waals surface area contributed by atoms with Crippen LogP contribution in [-0.4, -0.2) is 42.1 Å². The van der Waals surface area contributed by atoms with Gasteiger partial charge in [-0.1, -0.05) is 32.0 Å². The van der Waals surface area contributed by atoms with Gasteiger partial charge in [-0.05, 0) is 30.9 Å². The molecule has 1 rings (SSSR count). The molecular weight excluding hydrogens is 312 g/mol. The number of para-hydroxylation sites is 1. The lowest BCUT2D eigenvalue weighted by Gasteiger charge is -2.20. The Morgan fingerprint density at radius 3 is 2.46 bits per heavy atom. The molecule has 2 amide bonds. The molecule has 24 heavy (non-hydrogen) atoms. The Kier molecular flexibility index (Phi) is 7.74. The van der Waals surface area contributed by atoms with Crippen molar-refractivity contribution in [3.8, 4) is 5.75 Å². The lowest BCUT2D eigenvalue weighted by molar-refractivity contribution is -0.138. The number of amides is 2. The molecular formula is C17H24N2O5. The van der Waals surface area contributed by atoms with Crippen molar-refractivity contribution in [3.05, 3.63) is 29.8 Å². The largest absolute Gasteiger partial charge is 0.484 e. The van der Waals surface area contributed by atoms with Crippen molar-refractivity contribution in [3.63, 3.8) is 0 Å². The fourth-order valence-electron chi connectivity index (χ4n) is 2.09. The molecule has 0 aromatic heterocycles. The fraction of sp³-hybridized carbons (Fsp3) is 0.471.